The summed E-state index contributed by atoms with van der Waals surface area (Å²) in [7, 11) is 1.64. The summed E-state index contributed by atoms with van der Waals surface area (Å²) in [5.74, 6) is 0.312. The van der Waals surface area contributed by atoms with E-state index in [1.165, 1.54) is 11.3 Å². The molecule has 1 unspecified atom stereocenters. The number of nitrogens with zero attached hydrogens (tertiary/aromatic N) is 4. The van der Waals surface area contributed by atoms with Crippen molar-refractivity contribution in [3.05, 3.63) is 48.5 Å². The molecule has 2 saturated heterocycles. The number of thiazole rings is 1. The zero-order chi connectivity index (χ0) is 24.2. The number of ether oxygens (including phenoxy) is 2. The lowest BCUT2D eigenvalue weighted by molar-refractivity contribution is -0.124. The SMILES string of the molecule is COc1ccc2nc(N(CCCN3CCOCC3)C(=O)C3CC(=O)N(c4ccccc4)C3)sc2c1.Cl. The van der Waals surface area contributed by atoms with Gasteiger partial charge in [0.15, 0.2) is 5.13 Å². The molecule has 2 amide bonds. The lowest BCUT2D eigenvalue weighted by Gasteiger charge is -2.28. The number of carbonyl (C=O) groups is 2. The second kappa shape index (κ2) is 12.0. The van der Waals surface area contributed by atoms with Crippen LogP contribution < -0.4 is 14.5 Å². The minimum Gasteiger partial charge on any atom is -0.497 e. The molecule has 5 rings (SSSR count). The average molecular weight is 531 g/mol. The first-order chi connectivity index (χ1) is 17.1. The summed E-state index contributed by atoms with van der Waals surface area (Å²) in [6.45, 7) is 5.18. The largest absolute Gasteiger partial charge is 0.497 e. The van der Waals surface area contributed by atoms with Crippen LogP contribution in [-0.4, -0.2) is 74.7 Å². The van der Waals surface area contributed by atoms with E-state index in [9.17, 15) is 9.59 Å². The number of amides is 2. The standard InChI is InChI=1S/C26H30N4O4S.ClH/c1-33-21-8-9-22-23(17-21)35-26(27-22)29(11-5-10-28-12-14-34-15-13-28)25(32)19-16-24(31)30(18-19)20-6-3-2-4-7-20;/h2-4,6-9,17,19H,5,10-16,18H2,1H3;1H. The number of anilines is 2. The van der Waals surface area contributed by atoms with Crippen LogP contribution in [0.1, 0.15) is 12.8 Å². The van der Waals surface area contributed by atoms with Gasteiger partial charge in [-0.3, -0.25) is 19.4 Å². The number of aromatic nitrogens is 1. The summed E-state index contributed by atoms with van der Waals surface area (Å²) < 4.78 is 11.8. The predicted octanol–water partition coefficient (Wildman–Crippen LogP) is 3.84. The highest BCUT2D eigenvalue weighted by atomic mass is 35.5. The zero-order valence-corrected chi connectivity index (χ0v) is 21.9. The number of hydrogen-bond acceptors (Lipinski definition) is 7. The van der Waals surface area contributed by atoms with Crippen LogP contribution in [0.15, 0.2) is 48.5 Å². The van der Waals surface area contributed by atoms with Crippen molar-refractivity contribution in [1.82, 2.24) is 9.88 Å². The molecule has 2 aliphatic rings. The van der Waals surface area contributed by atoms with Crippen LogP contribution in [0.5, 0.6) is 5.75 Å². The molecule has 192 valence electrons. The molecular formula is C26H31ClN4O4S. The van der Waals surface area contributed by atoms with Gasteiger partial charge in [-0.2, -0.15) is 0 Å². The molecule has 1 atom stereocenters. The van der Waals surface area contributed by atoms with Gasteiger partial charge in [0, 0.05) is 44.8 Å². The van der Waals surface area contributed by atoms with Crippen molar-refractivity contribution < 1.29 is 19.1 Å². The van der Waals surface area contributed by atoms with Crippen LogP contribution in [0.3, 0.4) is 0 Å². The van der Waals surface area contributed by atoms with Gasteiger partial charge in [-0.05, 0) is 36.8 Å². The van der Waals surface area contributed by atoms with Gasteiger partial charge in [-0.15, -0.1) is 12.4 Å². The van der Waals surface area contributed by atoms with Gasteiger partial charge in [0.2, 0.25) is 11.8 Å². The second-order valence-electron chi connectivity index (χ2n) is 8.87. The monoisotopic (exact) mass is 530 g/mol. The quantitative estimate of drug-likeness (QED) is 0.440. The smallest absolute Gasteiger partial charge is 0.234 e. The average Bonchev–Trinajstić information content (AvgIpc) is 3.50. The molecule has 0 spiro atoms. The predicted molar refractivity (Wildman–Crippen MR) is 145 cm³/mol. The molecule has 0 saturated carbocycles. The van der Waals surface area contributed by atoms with E-state index in [0.717, 1.165) is 60.9 Å². The van der Waals surface area contributed by atoms with Crippen molar-refractivity contribution in [3.8, 4) is 5.75 Å². The van der Waals surface area contributed by atoms with E-state index >= 15 is 0 Å². The lowest BCUT2D eigenvalue weighted by Crippen LogP contribution is -2.41. The van der Waals surface area contributed by atoms with Gasteiger partial charge in [0.05, 0.1) is 36.5 Å². The molecule has 2 aliphatic heterocycles. The minimum absolute atomic E-state index is 0. The Morgan fingerprint density at radius 1 is 1.19 bits per heavy atom. The molecule has 3 aromatic rings. The Kier molecular flexibility index (Phi) is 8.79. The molecule has 10 heteroatoms. The van der Waals surface area contributed by atoms with E-state index in [-0.39, 0.29) is 30.6 Å². The van der Waals surface area contributed by atoms with Crippen LogP contribution in [0.25, 0.3) is 10.2 Å². The van der Waals surface area contributed by atoms with Crippen molar-refractivity contribution in [1.29, 1.82) is 0 Å². The fraction of sp³-hybridized carbons (Fsp3) is 0.423. The van der Waals surface area contributed by atoms with Crippen molar-refractivity contribution >= 4 is 56.6 Å². The Morgan fingerprint density at radius 3 is 2.72 bits per heavy atom. The van der Waals surface area contributed by atoms with Crippen molar-refractivity contribution in [2.24, 2.45) is 5.92 Å². The van der Waals surface area contributed by atoms with Gasteiger partial charge in [-0.25, -0.2) is 4.98 Å². The summed E-state index contributed by atoms with van der Waals surface area (Å²) in [6.07, 6.45) is 1.04. The normalized spacial score (nSPS) is 18.3. The zero-order valence-electron chi connectivity index (χ0n) is 20.3. The Bertz CT molecular complexity index is 1190. The number of fused-ring (bicyclic) bond motifs is 1. The van der Waals surface area contributed by atoms with Gasteiger partial charge in [0.25, 0.3) is 0 Å². The van der Waals surface area contributed by atoms with Crippen LogP contribution in [-0.2, 0) is 14.3 Å². The number of halogens is 1. The number of morpholine rings is 1. The van der Waals surface area contributed by atoms with E-state index in [1.54, 1.807) is 16.9 Å². The number of hydrogen-bond donors (Lipinski definition) is 0. The first kappa shape index (κ1) is 26.3. The Labute approximate surface area is 221 Å². The third-order valence-electron chi connectivity index (χ3n) is 6.58. The molecule has 0 bridgehead atoms. The third kappa shape index (κ3) is 5.81. The molecule has 8 nitrogen and oxygen atoms in total. The van der Waals surface area contributed by atoms with Crippen molar-refractivity contribution in [2.45, 2.75) is 12.8 Å². The van der Waals surface area contributed by atoms with E-state index in [1.807, 2.05) is 48.5 Å². The van der Waals surface area contributed by atoms with Crippen LogP contribution in [0.4, 0.5) is 10.8 Å². The first-order valence-corrected chi connectivity index (χ1v) is 12.9. The number of para-hydroxylation sites is 1. The lowest BCUT2D eigenvalue weighted by atomic mass is 10.1. The molecule has 0 radical (unpaired) electrons. The molecule has 0 aliphatic carbocycles. The summed E-state index contributed by atoms with van der Waals surface area (Å²) in [6, 6.07) is 15.3. The number of carbonyl (C=O) groups excluding carboxylic acids is 2. The third-order valence-corrected chi connectivity index (χ3v) is 7.62. The van der Waals surface area contributed by atoms with Crippen LogP contribution in [0, 0.1) is 5.92 Å². The Hall–Kier alpha value is -2.72. The molecule has 2 fully saturated rings. The van der Waals surface area contributed by atoms with Gasteiger partial charge in [-0.1, -0.05) is 29.5 Å². The molecule has 3 heterocycles. The second-order valence-corrected chi connectivity index (χ2v) is 9.88. The maximum atomic E-state index is 13.8. The summed E-state index contributed by atoms with van der Waals surface area (Å²) >= 11 is 1.49. The Morgan fingerprint density at radius 2 is 1.97 bits per heavy atom. The van der Waals surface area contributed by atoms with Crippen molar-refractivity contribution in [2.75, 3.05) is 62.8 Å². The highest BCUT2D eigenvalue weighted by molar-refractivity contribution is 7.22. The number of methoxy groups -OCH3 is 1. The minimum atomic E-state index is -0.396. The topological polar surface area (TPSA) is 75.2 Å². The molecule has 0 N–H and O–H groups in total. The fourth-order valence-electron chi connectivity index (χ4n) is 4.66. The highest BCUT2D eigenvalue weighted by Gasteiger charge is 2.38. The summed E-state index contributed by atoms with van der Waals surface area (Å²) in [5.41, 5.74) is 1.67. The van der Waals surface area contributed by atoms with E-state index in [4.69, 9.17) is 14.5 Å². The van der Waals surface area contributed by atoms with Crippen molar-refractivity contribution in [3.63, 3.8) is 0 Å². The highest BCUT2D eigenvalue weighted by Crippen LogP contribution is 2.34. The van der Waals surface area contributed by atoms with Gasteiger partial charge >= 0.3 is 0 Å². The van der Waals surface area contributed by atoms with Crippen LogP contribution >= 0.6 is 23.7 Å². The molecule has 1 aromatic heterocycles. The first-order valence-electron chi connectivity index (χ1n) is 12.0. The molecule has 2 aromatic carbocycles. The fourth-order valence-corrected chi connectivity index (χ4v) is 5.69. The molecule has 36 heavy (non-hydrogen) atoms. The maximum absolute atomic E-state index is 13.8. The summed E-state index contributed by atoms with van der Waals surface area (Å²) in [4.78, 5) is 37.3. The summed E-state index contributed by atoms with van der Waals surface area (Å²) in [5, 5.41) is 0.672. The maximum Gasteiger partial charge on any atom is 0.234 e. The van der Waals surface area contributed by atoms with E-state index in [0.29, 0.717) is 18.2 Å². The van der Waals surface area contributed by atoms with Gasteiger partial charge < -0.3 is 14.4 Å². The van der Waals surface area contributed by atoms with E-state index in [2.05, 4.69) is 4.90 Å². The van der Waals surface area contributed by atoms with Gasteiger partial charge in [0.1, 0.15) is 5.75 Å². The van der Waals surface area contributed by atoms with E-state index < -0.39 is 5.92 Å². The number of benzene rings is 2. The Balaban J connectivity index is 0.00000304. The van der Waals surface area contributed by atoms with Crippen LogP contribution in [0.2, 0.25) is 0 Å². The number of rotatable bonds is 8. The molecular weight excluding hydrogens is 500 g/mol.